The molecule has 0 unspecified atom stereocenters. The van der Waals surface area contributed by atoms with Crippen molar-refractivity contribution in [2.24, 2.45) is 0 Å². The molecule has 1 aliphatic rings. The van der Waals surface area contributed by atoms with Crippen LogP contribution in [0.2, 0.25) is 0 Å². The first-order valence-corrected chi connectivity index (χ1v) is 9.22. The number of benzene rings is 1. The lowest BCUT2D eigenvalue weighted by Gasteiger charge is -2.26. The quantitative estimate of drug-likeness (QED) is 0.532. The molecule has 1 fully saturated rings. The Morgan fingerprint density at radius 1 is 1.19 bits per heavy atom. The Labute approximate surface area is 159 Å². The van der Waals surface area contributed by atoms with E-state index in [4.69, 9.17) is 17.0 Å². The van der Waals surface area contributed by atoms with Gasteiger partial charge in [-0.2, -0.15) is 0 Å². The fourth-order valence-electron chi connectivity index (χ4n) is 2.73. The average molecular weight is 378 g/mol. The highest BCUT2D eigenvalue weighted by atomic mass is 32.1. The molecule has 26 heavy (non-hydrogen) atoms. The number of carbonyl (C=O) groups is 2. The number of nitrogens with zero attached hydrogens (tertiary/aromatic N) is 1. The zero-order chi connectivity index (χ0) is 18.9. The van der Waals surface area contributed by atoms with Crippen molar-refractivity contribution < 1.29 is 14.3 Å². The van der Waals surface area contributed by atoms with Crippen molar-refractivity contribution in [2.45, 2.75) is 33.1 Å². The number of amides is 2. The summed E-state index contributed by atoms with van der Waals surface area (Å²) in [7, 11) is 0. The number of rotatable bonds is 5. The molecule has 7 nitrogen and oxygen atoms in total. The minimum Gasteiger partial charge on any atom is -0.378 e. The lowest BCUT2D eigenvalue weighted by atomic mass is 10.1. The molecule has 0 aliphatic carbocycles. The number of morpholine rings is 1. The maximum Gasteiger partial charge on any atom is 0.238 e. The van der Waals surface area contributed by atoms with Crippen molar-refractivity contribution in [3.8, 4) is 0 Å². The van der Waals surface area contributed by atoms with E-state index < -0.39 is 0 Å². The van der Waals surface area contributed by atoms with Crippen LogP contribution in [-0.4, -0.2) is 48.1 Å². The van der Waals surface area contributed by atoms with Crippen molar-refractivity contribution in [1.29, 1.82) is 0 Å². The maximum atomic E-state index is 12.0. The summed E-state index contributed by atoms with van der Waals surface area (Å²) >= 11 is 5.23. The van der Waals surface area contributed by atoms with Crippen LogP contribution in [0.1, 0.15) is 30.9 Å². The van der Waals surface area contributed by atoms with Gasteiger partial charge < -0.3 is 15.0 Å². The average Bonchev–Trinajstić information content (AvgIpc) is 2.66. The molecule has 1 heterocycles. The van der Waals surface area contributed by atoms with Crippen LogP contribution in [0.5, 0.6) is 0 Å². The van der Waals surface area contributed by atoms with Crippen LogP contribution < -0.4 is 16.2 Å². The normalized spacial score (nSPS) is 13.8. The van der Waals surface area contributed by atoms with E-state index in [0.29, 0.717) is 31.4 Å². The molecule has 1 aliphatic heterocycles. The number of para-hydroxylation sites is 1. The van der Waals surface area contributed by atoms with Gasteiger partial charge in [-0.05, 0) is 36.7 Å². The standard InChI is InChI=1S/C18H26N4O3S/c1-3-14-6-4-5-13(2)17(14)19-18(26)21-20-15(23)7-8-16(24)22-9-11-25-12-10-22/h4-6H,3,7-12H2,1-2H3,(H,20,23)(H2,19,21,26). The largest absolute Gasteiger partial charge is 0.378 e. The molecule has 3 N–H and O–H groups in total. The second-order valence-electron chi connectivity index (χ2n) is 6.08. The summed E-state index contributed by atoms with van der Waals surface area (Å²) < 4.78 is 5.21. The number of carbonyl (C=O) groups excluding carboxylic acids is 2. The van der Waals surface area contributed by atoms with Crippen LogP contribution in [0.3, 0.4) is 0 Å². The first-order valence-electron chi connectivity index (χ1n) is 8.81. The van der Waals surface area contributed by atoms with E-state index in [1.807, 2.05) is 25.1 Å². The molecule has 0 saturated carbocycles. The van der Waals surface area contributed by atoms with E-state index in [1.54, 1.807) is 4.90 Å². The fraction of sp³-hybridized carbons (Fsp3) is 0.500. The van der Waals surface area contributed by atoms with Gasteiger partial charge in [0.2, 0.25) is 11.8 Å². The Hall–Kier alpha value is -2.19. The molecule has 2 amide bonds. The number of thiocarbonyl (C=S) groups is 1. The maximum absolute atomic E-state index is 12.0. The van der Waals surface area contributed by atoms with Crippen molar-refractivity contribution in [3.05, 3.63) is 29.3 Å². The monoisotopic (exact) mass is 378 g/mol. The molecule has 1 saturated heterocycles. The van der Waals surface area contributed by atoms with E-state index in [9.17, 15) is 9.59 Å². The lowest BCUT2D eigenvalue weighted by Crippen LogP contribution is -2.45. The third kappa shape index (κ3) is 5.96. The minimum atomic E-state index is -0.281. The number of nitrogens with one attached hydrogen (secondary N) is 3. The molecular formula is C18H26N4O3S. The third-order valence-corrected chi connectivity index (χ3v) is 4.43. The van der Waals surface area contributed by atoms with Gasteiger partial charge in [-0.15, -0.1) is 0 Å². The Balaban J connectivity index is 1.73. The highest BCUT2D eigenvalue weighted by molar-refractivity contribution is 7.80. The zero-order valence-electron chi connectivity index (χ0n) is 15.3. The van der Waals surface area contributed by atoms with Crippen molar-refractivity contribution >= 4 is 34.8 Å². The number of ether oxygens (including phenoxy) is 1. The van der Waals surface area contributed by atoms with Crippen molar-refractivity contribution in [3.63, 3.8) is 0 Å². The highest BCUT2D eigenvalue weighted by Gasteiger charge is 2.17. The molecule has 142 valence electrons. The number of hydrogen-bond acceptors (Lipinski definition) is 4. The number of aryl methyl sites for hydroxylation is 2. The Kier molecular flexibility index (Phi) is 7.80. The zero-order valence-corrected chi connectivity index (χ0v) is 16.1. The smallest absolute Gasteiger partial charge is 0.238 e. The van der Waals surface area contributed by atoms with Gasteiger partial charge in [-0.25, -0.2) is 0 Å². The van der Waals surface area contributed by atoms with Gasteiger partial charge in [0, 0.05) is 31.6 Å². The molecule has 8 heteroatoms. The summed E-state index contributed by atoms with van der Waals surface area (Å²) in [6.45, 7) is 6.35. The summed E-state index contributed by atoms with van der Waals surface area (Å²) in [5.74, 6) is -0.312. The SMILES string of the molecule is CCc1cccc(C)c1NC(=S)NNC(=O)CCC(=O)N1CCOCC1. The van der Waals surface area contributed by atoms with Gasteiger partial charge >= 0.3 is 0 Å². The Bertz CT molecular complexity index is 660. The van der Waals surface area contributed by atoms with Crippen LogP contribution in [0, 0.1) is 6.92 Å². The predicted molar refractivity (Wildman–Crippen MR) is 105 cm³/mol. The van der Waals surface area contributed by atoms with Crippen LogP contribution in [0.4, 0.5) is 5.69 Å². The summed E-state index contributed by atoms with van der Waals surface area (Å²) in [6, 6.07) is 6.04. The topological polar surface area (TPSA) is 82.7 Å². The van der Waals surface area contributed by atoms with Gasteiger partial charge in [0.05, 0.1) is 13.2 Å². The van der Waals surface area contributed by atoms with Gasteiger partial charge in [0.15, 0.2) is 5.11 Å². The second-order valence-corrected chi connectivity index (χ2v) is 6.49. The van der Waals surface area contributed by atoms with Gasteiger partial charge in [-0.3, -0.25) is 20.4 Å². The van der Waals surface area contributed by atoms with Crippen LogP contribution >= 0.6 is 12.2 Å². The fourth-order valence-corrected chi connectivity index (χ4v) is 2.88. The molecule has 0 spiro atoms. The lowest BCUT2D eigenvalue weighted by molar-refractivity contribution is -0.137. The summed E-state index contributed by atoms with van der Waals surface area (Å²) in [5.41, 5.74) is 8.40. The number of hydrogen-bond donors (Lipinski definition) is 3. The second kappa shape index (κ2) is 10.1. The van der Waals surface area contributed by atoms with E-state index in [0.717, 1.165) is 23.2 Å². The first-order chi connectivity index (χ1) is 12.5. The van der Waals surface area contributed by atoms with E-state index >= 15 is 0 Å². The minimum absolute atomic E-state index is 0.0309. The molecule has 0 atom stereocenters. The summed E-state index contributed by atoms with van der Waals surface area (Å²) in [4.78, 5) is 25.7. The van der Waals surface area contributed by atoms with Crippen LogP contribution in [0.25, 0.3) is 0 Å². The summed E-state index contributed by atoms with van der Waals surface area (Å²) in [5, 5.41) is 3.43. The first kappa shape index (κ1) is 20.1. The van der Waals surface area contributed by atoms with E-state index in [2.05, 4.69) is 23.1 Å². The molecular weight excluding hydrogens is 352 g/mol. The van der Waals surface area contributed by atoms with E-state index in [-0.39, 0.29) is 24.7 Å². The highest BCUT2D eigenvalue weighted by Crippen LogP contribution is 2.20. The van der Waals surface area contributed by atoms with Gasteiger partial charge in [-0.1, -0.05) is 25.1 Å². The Morgan fingerprint density at radius 3 is 2.62 bits per heavy atom. The van der Waals surface area contributed by atoms with Crippen molar-refractivity contribution in [1.82, 2.24) is 15.8 Å². The van der Waals surface area contributed by atoms with Gasteiger partial charge in [0.25, 0.3) is 0 Å². The summed E-state index contributed by atoms with van der Waals surface area (Å²) in [6.07, 6.45) is 1.16. The molecule has 0 aromatic heterocycles. The number of anilines is 1. The molecule has 1 aromatic carbocycles. The molecule has 0 radical (unpaired) electrons. The third-order valence-electron chi connectivity index (χ3n) is 4.22. The Morgan fingerprint density at radius 2 is 1.92 bits per heavy atom. The predicted octanol–water partition coefficient (Wildman–Crippen LogP) is 1.51. The van der Waals surface area contributed by atoms with Crippen LogP contribution in [-0.2, 0) is 20.7 Å². The van der Waals surface area contributed by atoms with E-state index in [1.165, 1.54) is 0 Å². The number of hydrazine groups is 1. The molecule has 2 rings (SSSR count). The van der Waals surface area contributed by atoms with Gasteiger partial charge in [0.1, 0.15) is 0 Å². The van der Waals surface area contributed by atoms with Crippen molar-refractivity contribution in [2.75, 3.05) is 31.6 Å². The van der Waals surface area contributed by atoms with Crippen LogP contribution in [0.15, 0.2) is 18.2 Å². The molecule has 0 bridgehead atoms. The molecule has 1 aromatic rings.